The number of hydrogen-bond acceptors (Lipinski definition) is 3. The Hall–Kier alpha value is -2.94. The minimum absolute atomic E-state index is 0.156. The van der Waals surface area contributed by atoms with Gasteiger partial charge in [0.15, 0.2) is 0 Å². The number of rotatable bonds is 4. The van der Waals surface area contributed by atoms with E-state index in [1.54, 1.807) is 0 Å². The molecule has 0 spiro atoms. The van der Waals surface area contributed by atoms with E-state index in [-0.39, 0.29) is 22.9 Å². The van der Waals surface area contributed by atoms with Crippen molar-refractivity contribution >= 4 is 17.5 Å². The molecule has 2 bridgehead atoms. The van der Waals surface area contributed by atoms with Crippen LogP contribution in [0.5, 0.6) is 0 Å². The highest BCUT2D eigenvalue weighted by molar-refractivity contribution is 6.04. The van der Waals surface area contributed by atoms with Crippen LogP contribution in [0.1, 0.15) is 53.6 Å². The molecule has 2 saturated heterocycles. The third-order valence-corrected chi connectivity index (χ3v) is 6.50. The first-order valence-electron chi connectivity index (χ1n) is 10.9. The van der Waals surface area contributed by atoms with Crippen LogP contribution in [-0.4, -0.2) is 34.8 Å². The summed E-state index contributed by atoms with van der Waals surface area (Å²) in [6.45, 7) is 1.51. The molecule has 5 nitrogen and oxygen atoms in total. The highest BCUT2D eigenvalue weighted by Crippen LogP contribution is 2.40. The normalized spacial score (nSPS) is 22.7. The second-order valence-electron chi connectivity index (χ2n) is 8.87. The van der Waals surface area contributed by atoms with E-state index in [2.05, 4.69) is 5.32 Å². The molecular weight excluding hydrogens is 438 g/mol. The van der Waals surface area contributed by atoms with Gasteiger partial charge in [0.2, 0.25) is 0 Å². The number of nitrogens with two attached hydrogens (primary N) is 1. The predicted octanol–water partition coefficient (Wildman–Crippen LogP) is 4.49. The number of nitrogens with one attached hydrogen (secondary N) is 1. The fourth-order valence-electron chi connectivity index (χ4n) is 4.87. The van der Waals surface area contributed by atoms with E-state index in [1.807, 2.05) is 0 Å². The summed E-state index contributed by atoms with van der Waals surface area (Å²) in [6.07, 6.45) is 2.84. The van der Waals surface area contributed by atoms with Crippen molar-refractivity contribution in [1.29, 1.82) is 0 Å². The maximum absolute atomic E-state index is 15.3. The summed E-state index contributed by atoms with van der Waals surface area (Å²) in [5.74, 6) is -8.14. The molecule has 4 rings (SSSR count). The van der Waals surface area contributed by atoms with Gasteiger partial charge in [-0.1, -0.05) is 0 Å². The SMILES string of the molecule is Cc1cc(NC(=O)c2ccc(F)c(C(F)(F)C(=O)N3[C@@H]4CCC[C@H]3C[C@@H](N)C4)c2)ccc1F. The Labute approximate surface area is 188 Å². The fourth-order valence-corrected chi connectivity index (χ4v) is 4.87. The van der Waals surface area contributed by atoms with Gasteiger partial charge in [-0.15, -0.1) is 0 Å². The van der Waals surface area contributed by atoms with Crippen molar-refractivity contribution in [3.63, 3.8) is 0 Å². The van der Waals surface area contributed by atoms with Crippen molar-refractivity contribution in [1.82, 2.24) is 4.90 Å². The van der Waals surface area contributed by atoms with Crippen molar-refractivity contribution in [3.8, 4) is 0 Å². The van der Waals surface area contributed by atoms with Gasteiger partial charge in [0.25, 0.3) is 11.8 Å². The lowest BCUT2D eigenvalue weighted by atomic mass is 9.81. The van der Waals surface area contributed by atoms with E-state index >= 15 is 8.78 Å². The van der Waals surface area contributed by atoms with E-state index in [0.29, 0.717) is 31.7 Å². The molecule has 176 valence electrons. The monoisotopic (exact) mass is 463 g/mol. The number of piperidine rings is 2. The van der Waals surface area contributed by atoms with Crippen LogP contribution in [0.25, 0.3) is 0 Å². The van der Waals surface area contributed by atoms with Crippen molar-refractivity contribution < 1.29 is 27.2 Å². The van der Waals surface area contributed by atoms with Crippen LogP contribution < -0.4 is 11.1 Å². The van der Waals surface area contributed by atoms with Crippen molar-refractivity contribution in [2.45, 2.75) is 63.1 Å². The van der Waals surface area contributed by atoms with Gasteiger partial charge in [-0.05, 0) is 81.0 Å². The smallest absolute Gasteiger partial charge is 0.331 e. The zero-order valence-corrected chi connectivity index (χ0v) is 18.1. The highest BCUT2D eigenvalue weighted by Gasteiger charge is 2.51. The third-order valence-electron chi connectivity index (χ3n) is 6.50. The summed E-state index contributed by atoms with van der Waals surface area (Å²) in [7, 11) is 0. The fraction of sp³-hybridized carbons (Fsp3) is 0.417. The number of alkyl halides is 2. The van der Waals surface area contributed by atoms with Crippen molar-refractivity contribution in [2.75, 3.05) is 5.32 Å². The molecule has 2 aliphatic heterocycles. The Morgan fingerprint density at radius 1 is 1.03 bits per heavy atom. The van der Waals surface area contributed by atoms with Crippen LogP contribution >= 0.6 is 0 Å². The number of halogens is 4. The van der Waals surface area contributed by atoms with Gasteiger partial charge in [-0.3, -0.25) is 9.59 Å². The zero-order valence-electron chi connectivity index (χ0n) is 18.1. The van der Waals surface area contributed by atoms with E-state index in [0.717, 1.165) is 24.6 Å². The maximum Gasteiger partial charge on any atom is 0.352 e. The number of aryl methyl sites for hydroxylation is 1. The zero-order chi connectivity index (χ0) is 23.9. The summed E-state index contributed by atoms with van der Waals surface area (Å²) < 4.78 is 58.6. The third kappa shape index (κ3) is 4.46. The Balaban J connectivity index is 1.60. The molecule has 3 N–H and O–H groups in total. The molecule has 0 radical (unpaired) electrons. The van der Waals surface area contributed by atoms with Crippen LogP contribution in [-0.2, 0) is 10.7 Å². The molecule has 2 aromatic rings. The Kier molecular flexibility index (Phi) is 6.18. The van der Waals surface area contributed by atoms with Crippen LogP contribution in [0.15, 0.2) is 36.4 Å². The minimum Gasteiger partial charge on any atom is -0.331 e. The molecule has 2 heterocycles. The second kappa shape index (κ2) is 8.78. The molecule has 2 fully saturated rings. The van der Waals surface area contributed by atoms with E-state index < -0.39 is 47.0 Å². The minimum atomic E-state index is -4.15. The van der Waals surface area contributed by atoms with E-state index in [4.69, 9.17) is 5.73 Å². The summed E-state index contributed by atoms with van der Waals surface area (Å²) in [5, 5.41) is 2.47. The van der Waals surface area contributed by atoms with Gasteiger partial charge in [0.1, 0.15) is 11.6 Å². The molecule has 3 atom stereocenters. The number of nitrogens with zero attached hydrogens (tertiary/aromatic N) is 1. The number of carbonyl (C=O) groups is 2. The van der Waals surface area contributed by atoms with Crippen LogP contribution in [0.3, 0.4) is 0 Å². The lowest BCUT2D eigenvalue weighted by molar-refractivity contribution is -0.169. The Morgan fingerprint density at radius 3 is 2.30 bits per heavy atom. The maximum atomic E-state index is 15.3. The van der Waals surface area contributed by atoms with Crippen LogP contribution in [0, 0.1) is 18.6 Å². The molecule has 33 heavy (non-hydrogen) atoms. The average Bonchev–Trinajstić information content (AvgIpc) is 2.75. The largest absolute Gasteiger partial charge is 0.352 e. The Bertz CT molecular complexity index is 1080. The van der Waals surface area contributed by atoms with Gasteiger partial charge in [0, 0.05) is 29.4 Å². The van der Waals surface area contributed by atoms with Gasteiger partial charge < -0.3 is 16.0 Å². The number of anilines is 1. The Morgan fingerprint density at radius 2 is 1.67 bits per heavy atom. The predicted molar refractivity (Wildman–Crippen MR) is 115 cm³/mol. The summed E-state index contributed by atoms with van der Waals surface area (Å²) in [6, 6.07) is 5.41. The van der Waals surface area contributed by atoms with Crippen LogP contribution in [0.4, 0.5) is 23.2 Å². The summed E-state index contributed by atoms with van der Waals surface area (Å²) in [5.41, 5.74) is 5.16. The lowest BCUT2D eigenvalue weighted by Gasteiger charge is -2.49. The molecule has 0 aliphatic carbocycles. The second-order valence-corrected chi connectivity index (χ2v) is 8.87. The van der Waals surface area contributed by atoms with Gasteiger partial charge >= 0.3 is 5.92 Å². The number of benzene rings is 2. The first-order chi connectivity index (χ1) is 15.6. The number of amides is 2. The molecule has 2 aromatic carbocycles. The quantitative estimate of drug-likeness (QED) is 0.657. The van der Waals surface area contributed by atoms with E-state index in [1.165, 1.54) is 24.0 Å². The van der Waals surface area contributed by atoms with Gasteiger partial charge in [-0.25, -0.2) is 8.78 Å². The summed E-state index contributed by atoms with van der Waals surface area (Å²) in [4.78, 5) is 26.7. The molecule has 0 saturated carbocycles. The van der Waals surface area contributed by atoms with Crippen molar-refractivity contribution in [2.24, 2.45) is 5.73 Å². The highest BCUT2D eigenvalue weighted by atomic mass is 19.3. The molecule has 2 amide bonds. The van der Waals surface area contributed by atoms with Crippen molar-refractivity contribution in [3.05, 3.63) is 64.7 Å². The number of carbonyl (C=O) groups excluding carboxylic acids is 2. The molecule has 2 aliphatic rings. The van der Waals surface area contributed by atoms with Crippen LogP contribution in [0.2, 0.25) is 0 Å². The number of fused-ring (bicyclic) bond motifs is 2. The first kappa shape index (κ1) is 23.2. The number of hydrogen-bond donors (Lipinski definition) is 2. The average molecular weight is 463 g/mol. The standard InChI is InChI=1S/C24H25F4N3O2/c1-13-9-16(6-8-20(13)25)30-22(32)14-5-7-21(26)19(10-14)24(27,28)23(33)31-17-3-2-4-18(31)12-15(29)11-17/h5-10,15,17-18H,2-4,11-12,29H2,1H3,(H,30,32)/t15-,17+,18-. The first-order valence-corrected chi connectivity index (χ1v) is 10.9. The lowest BCUT2D eigenvalue weighted by Crippen LogP contribution is -2.60. The van der Waals surface area contributed by atoms with Gasteiger partial charge in [0.05, 0.1) is 5.56 Å². The molecular formula is C24H25F4N3O2. The topological polar surface area (TPSA) is 75.4 Å². The summed E-state index contributed by atoms with van der Waals surface area (Å²) >= 11 is 0. The van der Waals surface area contributed by atoms with E-state index in [9.17, 15) is 18.4 Å². The molecule has 0 aromatic heterocycles. The van der Waals surface area contributed by atoms with Gasteiger partial charge in [-0.2, -0.15) is 8.78 Å². The molecule has 0 unspecified atom stereocenters. The molecule has 9 heteroatoms.